The Morgan fingerprint density at radius 2 is 2.17 bits per heavy atom. The van der Waals surface area contributed by atoms with E-state index in [9.17, 15) is 5.11 Å². The minimum absolute atomic E-state index is 0.405. The Balaban J connectivity index is 2.06. The molecule has 2 heterocycles. The van der Waals surface area contributed by atoms with Crippen molar-refractivity contribution in [1.29, 1.82) is 0 Å². The first-order chi connectivity index (χ1) is 8.60. The van der Waals surface area contributed by atoms with Crippen LogP contribution < -0.4 is 0 Å². The number of aliphatic hydroxyl groups is 1. The van der Waals surface area contributed by atoms with Crippen molar-refractivity contribution in [2.24, 2.45) is 0 Å². The molecule has 2 atom stereocenters. The predicted octanol–water partition coefficient (Wildman–Crippen LogP) is 1.55. The summed E-state index contributed by atoms with van der Waals surface area (Å²) in [6.45, 7) is 6.52. The lowest BCUT2D eigenvalue weighted by Crippen LogP contribution is -2.06. The lowest BCUT2D eigenvalue weighted by molar-refractivity contribution is 0.194. The Bertz CT molecular complexity index is 502. The standard InChI is InChI=1S/C12H19N5O/c1-4-9(2)17-6-5-11(14-17)7-16-8-12(10(3)18)13-15-16/h5-6,8-10,18H,4,7H2,1-3H3. The number of hydrogen-bond donors (Lipinski definition) is 1. The second-order valence-electron chi connectivity index (χ2n) is 4.56. The van der Waals surface area contributed by atoms with Gasteiger partial charge in [-0.3, -0.25) is 4.68 Å². The van der Waals surface area contributed by atoms with Crippen LogP contribution in [0.3, 0.4) is 0 Å². The molecule has 18 heavy (non-hydrogen) atoms. The summed E-state index contributed by atoms with van der Waals surface area (Å²) < 4.78 is 3.65. The van der Waals surface area contributed by atoms with Crippen LogP contribution in [0, 0.1) is 0 Å². The van der Waals surface area contributed by atoms with Gasteiger partial charge in [0, 0.05) is 12.2 Å². The zero-order chi connectivity index (χ0) is 13.1. The van der Waals surface area contributed by atoms with E-state index in [1.54, 1.807) is 17.8 Å². The van der Waals surface area contributed by atoms with Gasteiger partial charge in [-0.2, -0.15) is 5.10 Å². The van der Waals surface area contributed by atoms with Crippen LogP contribution in [-0.2, 0) is 6.54 Å². The van der Waals surface area contributed by atoms with E-state index in [-0.39, 0.29) is 0 Å². The van der Waals surface area contributed by atoms with Gasteiger partial charge in [-0.25, -0.2) is 4.68 Å². The summed E-state index contributed by atoms with van der Waals surface area (Å²) in [6, 6.07) is 2.39. The molecule has 2 rings (SSSR count). The van der Waals surface area contributed by atoms with E-state index in [1.165, 1.54) is 0 Å². The minimum atomic E-state index is -0.587. The Labute approximate surface area is 106 Å². The average Bonchev–Trinajstić information content (AvgIpc) is 2.98. The SMILES string of the molecule is CCC(C)n1ccc(Cn2cc(C(C)O)nn2)n1. The molecule has 1 N–H and O–H groups in total. The smallest absolute Gasteiger partial charge is 0.111 e. The molecule has 0 saturated carbocycles. The highest BCUT2D eigenvalue weighted by atomic mass is 16.3. The van der Waals surface area contributed by atoms with Crippen LogP contribution in [0.1, 0.15) is 50.7 Å². The maximum atomic E-state index is 9.38. The van der Waals surface area contributed by atoms with Crippen LogP contribution in [-0.4, -0.2) is 29.9 Å². The van der Waals surface area contributed by atoms with E-state index in [2.05, 4.69) is 29.3 Å². The number of rotatable bonds is 5. The lowest BCUT2D eigenvalue weighted by Gasteiger charge is -2.07. The van der Waals surface area contributed by atoms with Crippen molar-refractivity contribution < 1.29 is 5.11 Å². The molecule has 0 saturated heterocycles. The highest BCUT2D eigenvalue weighted by Crippen LogP contribution is 2.11. The third-order valence-corrected chi connectivity index (χ3v) is 3.01. The maximum Gasteiger partial charge on any atom is 0.111 e. The van der Waals surface area contributed by atoms with Gasteiger partial charge in [-0.05, 0) is 26.3 Å². The third kappa shape index (κ3) is 2.76. The monoisotopic (exact) mass is 249 g/mol. The topological polar surface area (TPSA) is 68.8 Å². The molecule has 0 amide bonds. The van der Waals surface area contributed by atoms with Crippen molar-refractivity contribution in [2.75, 3.05) is 0 Å². The maximum absolute atomic E-state index is 9.38. The van der Waals surface area contributed by atoms with Gasteiger partial charge in [0.05, 0.1) is 24.5 Å². The molecule has 0 aromatic carbocycles. The van der Waals surface area contributed by atoms with E-state index < -0.39 is 6.10 Å². The summed E-state index contributed by atoms with van der Waals surface area (Å²) in [4.78, 5) is 0. The van der Waals surface area contributed by atoms with E-state index in [4.69, 9.17) is 0 Å². The molecule has 0 aliphatic heterocycles. The summed E-state index contributed by atoms with van der Waals surface area (Å²) in [5.41, 5.74) is 1.52. The Hall–Kier alpha value is -1.69. The molecule has 6 nitrogen and oxygen atoms in total. The summed E-state index contributed by atoms with van der Waals surface area (Å²) in [7, 11) is 0. The fourth-order valence-corrected chi connectivity index (χ4v) is 1.64. The molecule has 2 aromatic heterocycles. The molecule has 98 valence electrons. The van der Waals surface area contributed by atoms with E-state index in [0.717, 1.165) is 12.1 Å². The van der Waals surface area contributed by atoms with Crippen molar-refractivity contribution in [2.45, 2.75) is 45.9 Å². The molecule has 0 aliphatic rings. The summed E-state index contributed by atoms with van der Waals surface area (Å²) in [6.07, 6.45) is 4.19. The first kappa shape index (κ1) is 12.8. The van der Waals surface area contributed by atoms with Crippen molar-refractivity contribution in [1.82, 2.24) is 24.8 Å². The van der Waals surface area contributed by atoms with E-state index in [1.807, 2.05) is 16.9 Å². The molecular weight excluding hydrogens is 230 g/mol. The molecule has 0 radical (unpaired) electrons. The number of aromatic nitrogens is 5. The summed E-state index contributed by atoms with van der Waals surface area (Å²) in [5, 5.41) is 21.7. The quantitative estimate of drug-likeness (QED) is 0.872. The first-order valence-corrected chi connectivity index (χ1v) is 6.22. The first-order valence-electron chi connectivity index (χ1n) is 6.22. The van der Waals surface area contributed by atoms with Gasteiger partial charge in [-0.1, -0.05) is 12.1 Å². The van der Waals surface area contributed by atoms with Crippen LogP contribution in [0.5, 0.6) is 0 Å². The largest absolute Gasteiger partial charge is 0.387 e. The molecule has 0 fully saturated rings. The third-order valence-electron chi connectivity index (χ3n) is 3.01. The van der Waals surface area contributed by atoms with Crippen LogP contribution in [0.4, 0.5) is 0 Å². The highest BCUT2D eigenvalue weighted by molar-refractivity contribution is 5.02. The van der Waals surface area contributed by atoms with Crippen molar-refractivity contribution in [3.05, 3.63) is 29.8 Å². The zero-order valence-corrected chi connectivity index (χ0v) is 11.0. The Morgan fingerprint density at radius 3 is 2.78 bits per heavy atom. The summed E-state index contributed by atoms with van der Waals surface area (Å²) >= 11 is 0. The normalized spacial score (nSPS) is 14.7. The number of aliphatic hydroxyl groups excluding tert-OH is 1. The Kier molecular flexibility index (Phi) is 3.76. The van der Waals surface area contributed by atoms with Gasteiger partial charge < -0.3 is 5.11 Å². The van der Waals surface area contributed by atoms with Gasteiger partial charge in [0.2, 0.25) is 0 Å². The van der Waals surface area contributed by atoms with Crippen LogP contribution in [0.2, 0.25) is 0 Å². The molecule has 2 unspecified atom stereocenters. The second-order valence-corrected chi connectivity index (χ2v) is 4.56. The van der Waals surface area contributed by atoms with E-state index in [0.29, 0.717) is 18.3 Å². The second kappa shape index (κ2) is 5.30. The summed E-state index contributed by atoms with van der Waals surface area (Å²) in [5.74, 6) is 0. The van der Waals surface area contributed by atoms with Crippen molar-refractivity contribution in [3.63, 3.8) is 0 Å². The van der Waals surface area contributed by atoms with Crippen LogP contribution in [0.15, 0.2) is 18.5 Å². The Morgan fingerprint density at radius 1 is 1.39 bits per heavy atom. The molecule has 2 aromatic rings. The van der Waals surface area contributed by atoms with Gasteiger partial charge in [0.15, 0.2) is 0 Å². The van der Waals surface area contributed by atoms with Gasteiger partial charge in [0.25, 0.3) is 0 Å². The van der Waals surface area contributed by atoms with Gasteiger partial charge in [-0.15, -0.1) is 5.10 Å². The van der Waals surface area contributed by atoms with Crippen molar-refractivity contribution in [3.8, 4) is 0 Å². The van der Waals surface area contributed by atoms with Crippen molar-refractivity contribution >= 4 is 0 Å². The van der Waals surface area contributed by atoms with Crippen LogP contribution in [0.25, 0.3) is 0 Å². The average molecular weight is 249 g/mol. The number of hydrogen-bond acceptors (Lipinski definition) is 4. The highest BCUT2D eigenvalue weighted by Gasteiger charge is 2.09. The molecule has 6 heteroatoms. The molecular formula is C12H19N5O. The fraction of sp³-hybridized carbons (Fsp3) is 0.583. The number of nitrogens with zero attached hydrogens (tertiary/aromatic N) is 5. The molecule has 0 aliphatic carbocycles. The predicted molar refractivity (Wildman–Crippen MR) is 67.0 cm³/mol. The van der Waals surface area contributed by atoms with Gasteiger partial charge in [0.1, 0.15) is 5.69 Å². The van der Waals surface area contributed by atoms with E-state index >= 15 is 0 Å². The van der Waals surface area contributed by atoms with Gasteiger partial charge >= 0.3 is 0 Å². The molecule has 0 spiro atoms. The molecule has 0 bridgehead atoms. The van der Waals surface area contributed by atoms with Crippen LogP contribution >= 0.6 is 0 Å². The zero-order valence-electron chi connectivity index (χ0n) is 11.0. The lowest BCUT2D eigenvalue weighted by atomic mass is 10.3. The minimum Gasteiger partial charge on any atom is -0.387 e. The fourth-order valence-electron chi connectivity index (χ4n) is 1.64.